The summed E-state index contributed by atoms with van der Waals surface area (Å²) in [5.41, 5.74) is 2.45. The number of thiophene rings is 1. The standard InChI is InChI=1S/C24H26N4O4S/c29-20(25-10-7-21(30)27-11-8-19-15(14-27)9-12-33-19)13-26-23(31)22-17-3-1-2-4-18(17)24(32)28(22)16-5-6-16/h1-4,9,12,16,22H,5-8,10-11,13-14H2,(H,25,29)(H,26,31). The van der Waals surface area contributed by atoms with Crippen LogP contribution < -0.4 is 10.6 Å². The smallest absolute Gasteiger partial charge is 0.255 e. The second kappa shape index (κ2) is 8.97. The zero-order chi connectivity index (χ0) is 22.9. The van der Waals surface area contributed by atoms with Crippen LogP contribution in [0.3, 0.4) is 0 Å². The highest BCUT2D eigenvalue weighted by atomic mass is 32.1. The summed E-state index contributed by atoms with van der Waals surface area (Å²) in [7, 11) is 0. The number of nitrogens with one attached hydrogen (secondary N) is 2. The van der Waals surface area contributed by atoms with Gasteiger partial charge in [0.05, 0.1) is 6.54 Å². The molecular formula is C24H26N4O4S. The minimum atomic E-state index is -0.698. The van der Waals surface area contributed by atoms with E-state index in [0.717, 1.165) is 19.3 Å². The highest BCUT2D eigenvalue weighted by molar-refractivity contribution is 7.10. The first-order valence-corrected chi connectivity index (χ1v) is 12.2. The first-order chi connectivity index (χ1) is 16.0. The van der Waals surface area contributed by atoms with Gasteiger partial charge in [-0.2, -0.15) is 0 Å². The summed E-state index contributed by atoms with van der Waals surface area (Å²) >= 11 is 1.73. The molecule has 5 rings (SSSR count). The fourth-order valence-electron chi connectivity index (χ4n) is 4.59. The van der Waals surface area contributed by atoms with Crippen LogP contribution in [0.4, 0.5) is 0 Å². The monoisotopic (exact) mass is 466 g/mol. The molecule has 3 heterocycles. The van der Waals surface area contributed by atoms with Crippen LogP contribution in [-0.4, -0.2) is 59.1 Å². The van der Waals surface area contributed by atoms with Crippen molar-refractivity contribution in [2.75, 3.05) is 19.6 Å². The van der Waals surface area contributed by atoms with Crippen LogP contribution in [0.2, 0.25) is 0 Å². The van der Waals surface area contributed by atoms with Crippen LogP contribution in [0.1, 0.15) is 51.7 Å². The third-order valence-corrected chi connectivity index (χ3v) is 7.45. The molecule has 4 amide bonds. The lowest BCUT2D eigenvalue weighted by Crippen LogP contribution is -2.44. The van der Waals surface area contributed by atoms with Crippen molar-refractivity contribution in [2.24, 2.45) is 0 Å². The molecule has 2 aromatic rings. The van der Waals surface area contributed by atoms with E-state index in [1.807, 2.05) is 11.0 Å². The van der Waals surface area contributed by atoms with Gasteiger partial charge in [-0.3, -0.25) is 19.2 Å². The van der Waals surface area contributed by atoms with Gasteiger partial charge in [-0.15, -0.1) is 11.3 Å². The van der Waals surface area contributed by atoms with Crippen LogP contribution >= 0.6 is 11.3 Å². The van der Waals surface area contributed by atoms with E-state index >= 15 is 0 Å². The summed E-state index contributed by atoms with van der Waals surface area (Å²) in [5.74, 6) is -0.822. The van der Waals surface area contributed by atoms with Gasteiger partial charge in [-0.05, 0) is 47.9 Å². The molecule has 1 atom stereocenters. The molecule has 9 heteroatoms. The molecule has 2 N–H and O–H groups in total. The number of carbonyl (C=O) groups is 4. The fourth-order valence-corrected chi connectivity index (χ4v) is 5.48. The van der Waals surface area contributed by atoms with E-state index in [1.54, 1.807) is 34.4 Å². The number of rotatable bonds is 7. The molecule has 1 unspecified atom stereocenters. The van der Waals surface area contributed by atoms with E-state index in [0.29, 0.717) is 24.2 Å². The van der Waals surface area contributed by atoms with E-state index in [9.17, 15) is 19.2 Å². The van der Waals surface area contributed by atoms with Crippen LogP contribution in [-0.2, 0) is 27.3 Å². The van der Waals surface area contributed by atoms with Gasteiger partial charge in [-0.1, -0.05) is 18.2 Å². The zero-order valence-corrected chi connectivity index (χ0v) is 19.0. The molecule has 1 saturated carbocycles. The number of fused-ring (bicyclic) bond motifs is 2. The fraction of sp³-hybridized carbons (Fsp3) is 0.417. The lowest BCUT2D eigenvalue weighted by Gasteiger charge is -2.27. The van der Waals surface area contributed by atoms with Crippen molar-refractivity contribution in [2.45, 2.75) is 44.3 Å². The largest absolute Gasteiger partial charge is 0.354 e. The highest BCUT2D eigenvalue weighted by Crippen LogP contribution is 2.41. The molecule has 0 bridgehead atoms. The number of hydrogen-bond acceptors (Lipinski definition) is 5. The van der Waals surface area contributed by atoms with E-state index in [1.165, 1.54) is 10.4 Å². The first kappa shape index (κ1) is 21.6. The topological polar surface area (TPSA) is 98.8 Å². The van der Waals surface area contributed by atoms with Gasteiger partial charge >= 0.3 is 0 Å². The molecule has 0 radical (unpaired) electrons. The van der Waals surface area contributed by atoms with Crippen molar-refractivity contribution in [1.82, 2.24) is 20.4 Å². The lowest BCUT2D eigenvalue weighted by atomic mass is 10.0. The van der Waals surface area contributed by atoms with Gasteiger partial charge in [0.2, 0.25) is 17.7 Å². The Balaban J connectivity index is 1.09. The quantitative estimate of drug-likeness (QED) is 0.648. The zero-order valence-electron chi connectivity index (χ0n) is 18.2. The summed E-state index contributed by atoms with van der Waals surface area (Å²) in [6, 6.07) is 8.59. The number of hydrogen-bond donors (Lipinski definition) is 2. The molecule has 1 aliphatic carbocycles. The Morgan fingerprint density at radius 1 is 1.09 bits per heavy atom. The summed E-state index contributed by atoms with van der Waals surface area (Å²) in [5, 5.41) is 7.43. The Morgan fingerprint density at radius 3 is 2.73 bits per heavy atom. The van der Waals surface area contributed by atoms with Gasteiger partial charge in [0, 0.05) is 42.5 Å². The van der Waals surface area contributed by atoms with Gasteiger partial charge < -0.3 is 20.4 Å². The van der Waals surface area contributed by atoms with E-state index in [-0.39, 0.29) is 49.2 Å². The molecule has 33 heavy (non-hydrogen) atoms. The second-order valence-corrected chi connectivity index (χ2v) is 9.69. The molecule has 8 nitrogen and oxygen atoms in total. The van der Waals surface area contributed by atoms with E-state index in [2.05, 4.69) is 22.1 Å². The Morgan fingerprint density at radius 2 is 1.91 bits per heavy atom. The minimum absolute atomic E-state index is 0.0114. The Hall–Kier alpha value is -3.20. The summed E-state index contributed by atoms with van der Waals surface area (Å²) < 4.78 is 0. The molecule has 0 saturated heterocycles. The van der Waals surface area contributed by atoms with Gasteiger partial charge in [0.1, 0.15) is 6.04 Å². The van der Waals surface area contributed by atoms with Crippen LogP contribution in [0.15, 0.2) is 35.7 Å². The minimum Gasteiger partial charge on any atom is -0.354 e. The maximum Gasteiger partial charge on any atom is 0.255 e. The molecule has 172 valence electrons. The number of benzene rings is 1. The van der Waals surface area contributed by atoms with Gasteiger partial charge in [-0.25, -0.2) is 0 Å². The third-order valence-electron chi connectivity index (χ3n) is 6.43. The summed E-state index contributed by atoms with van der Waals surface area (Å²) in [6.45, 7) is 1.36. The Labute approximate surface area is 195 Å². The van der Waals surface area contributed by atoms with Crippen molar-refractivity contribution in [3.05, 3.63) is 57.3 Å². The van der Waals surface area contributed by atoms with Gasteiger partial charge in [0.15, 0.2) is 0 Å². The maximum absolute atomic E-state index is 12.9. The molecule has 3 aliphatic rings. The van der Waals surface area contributed by atoms with Crippen LogP contribution in [0.5, 0.6) is 0 Å². The Bertz CT molecular complexity index is 1110. The summed E-state index contributed by atoms with van der Waals surface area (Å²) in [6.07, 6.45) is 2.88. The number of nitrogens with zero attached hydrogens (tertiary/aromatic N) is 2. The van der Waals surface area contributed by atoms with Crippen molar-refractivity contribution < 1.29 is 19.2 Å². The molecule has 0 spiro atoms. The maximum atomic E-state index is 12.9. The summed E-state index contributed by atoms with van der Waals surface area (Å²) in [4.78, 5) is 55.2. The predicted octanol–water partition coefficient (Wildman–Crippen LogP) is 1.61. The second-order valence-electron chi connectivity index (χ2n) is 8.69. The lowest BCUT2D eigenvalue weighted by molar-refractivity contribution is -0.132. The SMILES string of the molecule is O=C(CNC(=O)C1c2ccccc2C(=O)N1C1CC1)NCCC(=O)N1CCc2sccc2C1. The van der Waals surface area contributed by atoms with Crippen molar-refractivity contribution in [3.8, 4) is 0 Å². The highest BCUT2D eigenvalue weighted by Gasteiger charge is 2.47. The normalized spacial score (nSPS) is 19.2. The first-order valence-electron chi connectivity index (χ1n) is 11.3. The Kier molecular flexibility index (Phi) is 5.88. The van der Waals surface area contributed by atoms with Crippen molar-refractivity contribution >= 4 is 35.0 Å². The number of carbonyl (C=O) groups excluding carboxylic acids is 4. The predicted molar refractivity (Wildman–Crippen MR) is 122 cm³/mol. The molecule has 1 fully saturated rings. The van der Waals surface area contributed by atoms with E-state index in [4.69, 9.17) is 0 Å². The molecular weight excluding hydrogens is 440 g/mol. The average molecular weight is 467 g/mol. The third kappa shape index (κ3) is 4.37. The van der Waals surface area contributed by atoms with Crippen LogP contribution in [0, 0.1) is 0 Å². The van der Waals surface area contributed by atoms with Crippen molar-refractivity contribution in [1.29, 1.82) is 0 Å². The van der Waals surface area contributed by atoms with Crippen LogP contribution in [0.25, 0.3) is 0 Å². The van der Waals surface area contributed by atoms with Gasteiger partial charge in [0.25, 0.3) is 5.91 Å². The average Bonchev–Trinajstić information content (AvgIpc) is 3.47. The molecule has 1 aromatic heterocycles. The molecule has 1 aromatic carbocycles. The molecule has 2 aliphatic heterocycles. The number of amides is 4. The van der Waals surface area contributed by atoms with Crippen molar-refractivity contribution in [3.63, 3.8) is 0 Å². The van der Waals surface area contributed by atoms with E-state index < -0.39 is 6.04 Å².